The van der Waals surface area contributed by atoms with Crippen LogP contribution in [-0.2, 0) is 11.8 Å². The lowest BCUT2D eigenvalue weighted by molar-refractivity contribution is -0.126. The van der Waals surface area contributed by atoms with Gasteiger partial charge in [0.2, 0.25) is 5.91 Å². The van der Waals surface area contributed by atoms with Crippen LogP contribution in [0, 0.1) is 12.8 Å². The molecule has 3 heterocycles. The van der Waals surface area contributed by atoms with Crippen LogP contribution in [0.25, 0.3) is 11.0 Å². The SMILES string of the molecule is Cc1nc(N2CCC(C(=O)NC3CCC3)CC2)c2cnn(C)c2n1. The molecule has 0 atom stereocenters. The molecular weight excluding hydrogens is 304 g/mol. The third kappa shape index (κ3) is 2.72. The average molecular weight is 328 g/mol. The number of piperidine rings is 1. The molecule has 2 aromatic heterocycles. The first-order chi connectivity index (χ1) is 11.6. The first-order valence-corrected chi connectivity index (χ1v) is 8.83. The van der Waals surface area contributed by atoms with Gasteiger partial charge in [0.1, 0.15) is 11.6 Å². The summed E-state index contributed by atoms with van der Waals surface area (Å²) >= 11 is 0. The van der Waals surface area contributed by atoms with Crippen molar-refractivity contribution in [2.24, 2.45) is 13.0 Å². The van der Waals surface area contributed by atoms with E-state index in [0.29, 0.717) is 6.04 Å². The van der Waals surface area contributed by atoms with E-state index < -0.39 is 0 Å². The van der Waals surface area contributed by atoms with Gasteiger partial charge in [-0.2, -0.15) is 5.10 Å². The maximum atomic E-state index is 12.3. The third-order valence-corrected chi connectivity index (χ3v) is 5.30. The highest BCUT2D eigenvalue weighted by Gasteiger charge is 2.29. The number of hydrogen-bond acceptors (Lipinski definition) is 5. The van der Waals surface area contributed by atoms with Gasteiger partial charge in [-0.15, -0.1) is 0 Å². The number of rotatable bonds is 3. The summed E-state index contributed by atoms with van der Waals surface area (Å²) in [6.07, 6.45) is 7.12. The minimum absolute atomic E-state index is 0.133. The zero-order valence-electron chi connectivity index (χ0n) is 14.3. The fourth-order valence-electron chi connectivity index (χ4n) is 3.58. The van der Waals surface area contributed by atoms with E-state index in [1.54, 1.807) is 4.68 Å². The van der Waals surface area contributed by atoms with Crippen LogP contribution in [0.4, 0.5) is 5.82 Å². The molecule has 4 rings (SSSR count). The fraction of sp³-hybridized carbons (Fsp3) is 0.647. The van der Waals surface area contributed by atoms with Crippen LogP contribution < -0.4 is 10.2 Å². The summed E-state index contributed by atoms with van der Waals surface area (Å²) in [6.45, 7) is 3.61. The minimum Gasteiger partial charge on any atom is -0.356 e. The van der Waals surface area contributed by atoms with Gasteiger partial charge >= 0.3 is 0 Å². The molecule has 1 saturated heterocycles. The summed E-state index contributed by atoms with van der Waals surface area (Å²) in [5.74, 6) is 2.08. The number of aryl methyl sites for hydroxylation is 2. The van der Waals surface area contributed by atoms with Gasteiger partial charge in [0, 0.05) is 32.1 Å². The van der Waals surface area contributed by atoms with E-state index in [2.05, 4.69) is 25.3 Å². The molecule has 1 N–H and O–H groups in total. The normalized spacial score (nSPS) is 19.5. The van der Waals surface area contributed by atoms with Gasteiger partial charge in [-0.25, -0.2) is 9.97 Å². The quantitative estimate of drug-likeness (QED) is 0.925. The lowest BCUT2D eigenvalue weighted by Crippen LogP contribution is -2.46. The second-order valence-corrected chi connectivity index (χ2v) is 7.00. The predicted molar refractivity (Wildman–Crippen MR) is 91.8 cm³/mol. The second-order valence-electron chi connectivity index (χ2n) is 7.00. The molecule has 7 nitrogen and oxygen atoms in total. The summed E-state index contributed by atoms with van der Waals surface area (Å²) in [4.78, 5) is 23.7. The van der Waals surface area contributed by atoms with Crippen LogP contribution in [-0.4, -0.2) is 44.8 Å². The van der Waals surface area contributed by atoms with Gasteiger partial charge in [-0.1, -0.05) is 0 Å². The van der Waals surface area contributed by atoms with Crippen molar-refractivity contribution in [3.63, 3.8) is 0 Å². The molecule has 0 spiro atoms. The largest absolute Gasteiger partial charge is 0.356 e. The molecule has 0 aromatic carbocycles. The number of carbonyl (C=O) groups is 1. The van der Waals surface area contributed by atoms with Crippen LogP contribution in [0.3, 0.4) is 0 Å². The van der Waals surface area contributed by atoms with E-state index in [-0.39, 0.29) is 11.8 Å². The molecule has 7 heteroatoms. The van der Waals surface area contributed by atoms with Crippen molar-refractivity contribution in [3.8, 4) is 0 Å². The lowest BCUT2D eigenvalue weighted by Gasteiger charge is -2.34. The van der Waals surface area contributed by atoms with Crippen LogP contribution in [0.5, 0.6) is 0 Å². The first kappa shape index (κ1) is 15.4. The molecule has 24 heavy (non-hydrogen) atoms. The van der Waals surface area contributed by atoms with E-state index in [1.165, 1.54) is 6.42 Å². The van der Waals surface area contributed by atoms with Crippen LogP contribution in [0.1, 0.15) is 37.9 Å². The number of nitrogens with one attached hydrogen (secondary N) is 1. The molecule has 2 aliphatic rings. The zero-order valence-corrected chi connectivity index (χ0v) is 14.3. The van der Waals surface area contributed by atoms with Crippen molar-refractivity contribution in [2.45, 2.75) is 45.1 Å². The summed E-state index contributed by atoms with van der Waals surface area (Å²) in [6, 6.07) is 0.426. The third-order valence-electron chi connectivity index (χ3n) is 5.30. The Balaban J connectivity index is 1.47. The van der Waals surface area contributed by atoms with Gasteiger partial charge in [-0.3, -0.25) is 9.48 Å². The fourth-order valence-corrected chi connectivity index (χ4v) is 3.58. The Morgan fingerprint density at radius 2 is 1.96 bits per heavy atom. The van der Waals surface area contributed by atoms with Gasteiger partial charge < -0.3 is 10.2 Å². The van der Waals surface area contributed by atoms with Gasteiger partial charge in [-0.05, 0) is 39.0 Å². The summed E-state index contributed by atoms with van der Waals surface area (Å²) in [5, 5.41) is 8.48. The van der Waals surface area contributed by atoms with Crippen LogP contribution >= 0.6 is 0 Å². The Morgan fingerprint density at radius 1 is 1.21 bits per heavy atom. The topological polar surface area (TPSA) is 75.9 Å². The van der Waals surface area contributed by atoms with Crippen LogP contribution in [0.2, 0.25) is 0 Å². The number of nitrogens with zero attached hydrogens (tertiary/aromatic N) is 5. The summed E-state index contributed by atoms with van der Waals surface area (Å²) in [5.41, 5.74) is 0.863. The first-order valence-electron chi connectivity index (χ1n) is 8.83. The second kappa shape index (κ2) is 6.03. The predicted octanol–water partition coefficient (Wildman–Crippen LogP) is 1.56. The highest BCUT2D eigenvalue weighted by atomic mass is 16.2. The molecule has 0 unspecified atom stereocenters. The molecule has 1 amide bonds. The Morgan fingerprint density at radius 3 is 2.62 bits per heavy atom. The maximum Gasteiger partial charge on any atom is 0.223 e. The molecule has 2 fully saturated rings. The monoisotopic (exact) mass is 328 g/mol. The van der Waals surface area contributed by atoms with Crippen molar-refractivity contribution in [2.75, 3.05) is 18.0 Å². The maximum absolute atomic E-state index is 12.3. The standard InChI is InChI=1S/C17H24N6O/c1-11-19-15-14(10-18-22(15)2)16(20-11)23-8-6-12(7-9-23)17(24)21-13-4-3-5-13/h10,12-13H,3-9H2,1-2H3,(H,21,24). The van der Waals surface area contributed by atoms with Crippen molar-refractivity contribution in [3.05, 3.63) is 12.0 Å². The minimum atomic E-state index is 0.133. The van der Waals surface area contributed by atoms with Gasteiger partial charge in [0.25, 0.3) is 0 Å². The molecule has 0 radical (unpaired) electrons. The van der Waals surface area contributed by atoms with Crippen LogP contribution in [0.15, 0.2) is 6.20 Å². The highest BCUT2D eigenvalue weighted by Crippen LogP contribution is 2.28. The molecule has 1 aliphatic heterocycles. The van der Waals surface area contributed by atoms with E-state index in [0.717, 1.165) is 61.4 Å². The summed E-state index contributed by atoms with van der Waals surface area (Å²) < 4.78 is 1.78. The summed E-state index contributed by atoms with van der Waals surface area (Å²) in [7, 11) is 1.90. The molecule has 1 saturated carbocycles. The molecule has 128 valence electrons. The smallest absolute Gasteiger partial charge is 0.223 e. The number of carbonyl (C=O) groups excluding carboxylic acids is 1. The number of anilines is 1. The van der Waals surface area contributed by atoms with E-state index >= 15 is 0 Å². The molecule has 1 aliphatic carbocycles. The number of amides is 1. The van der Waals surface area contributed by atoms with E-state index in [9.17, 15) is 4.79 Å². The number of fused-ring (bicyclic) bond motifs is 1. The van der Waals surface area contributed by atoms with Gasteiger partial charge in [0.05, 0.1) is 11.6 Å². The average Bonchev–Trinajstić information content (AvgIpc) is 2.91. The molecule has 2 aromatic rings. The van der Waals surface area contributed by atoms with Crippen molar-refractivity contribution in [1.29, 1.82) is 0 Å². The van der Waals surface area contributed by atoms with Crippen molar-refractivity contribution in [1.82, 2.24) is 25.1 Å². The van der Waals surface area contributed by atoms with Gasteiger partial charge in [0.15, 0.2) is 5.65 Å². The Bertz CT molecular complexity index is 758. The Labute approximate surface area is 141 Å². The number of aromatic nitrogens is 4. The molecule has 0 bridgehead atoms. The Hall–Kier alpha value is -2.18. The van der Waals surface area contributed by atoms with E-state index in [4.69, 9.17) is 0 Å². The van der Waals surface area contributed by atoms with Crippen molar-refractivity contribution < 1.29 is 4.79 Å². The zero-order chi connectivity index (χ0) is 16.7. The van der Waals surface area contributed by atoms with E-state index in [1.807, 2.05) is 20.2 Å². The number of hydrogen-bond donors (Lipinski definition) is 1. The Kier molecular flexibility index (Phi) is 3.86. The lowest BCUT2D eigenvalue weighted by atomic mass is 9.90. The molecular formula is C17H24N6O. The van der Waals surface area contributed by atoms with Crippen molar-refractivity contribution >= 4 is 22.8 Å². The highest BCUT2D eigenvalue weighted by molar-refractivity contribution is 5.87.